The standard InChI is InChI=1S/C26H28N6O2/c1-2-22(31(16-8-12-27)26(34)21-18-28-13-14-29-21)24-20(17-19-9-4-3-5-10-19)25(33)32-15-7-6-11-23(32)30-24/h3-7,9-11,13-15,18,22H,2,8,12,16-17,27H2,1H3. The van der Waals surface area contributed by atoms with Crippen LogP contribution in [-0.2, 0) is 6.42 Å². The monoisotopic (exact) mass is 456 g/mol. The van der Waals surface area contributed by atoms with Crippen LogP contribution in [0.4, 0.5) is 0 Å². The topological polar surface area (TPSA) is 106 Å². The first-order chi connectivity index (χ1) is 16.6. The van der Waals surface area contributed by atoms with Crippen LogP contribution < -0.4 is 11.3 Å². The largest absolute Gasteiger partial charge is 0.330 e. The fourth-order valence-electron chi connectivity index (χ4n) is 4.16. The molecule has 1 atom stereocenters. The maximum atomic E-state index is 13.6. The highest BCUT2D eigenvalue weighted by molar-refractivity contribution is 5.92. The minimum atomic E-state index is -0.419. The molecule has 0 aliphatic carbocycles. The second kappa shape index (κ2) is 10.8. The summed E-state index contributed by atoms with van der Waals surface area (Å²) < 4.78 is 1.56. The zero-order valence-electron chi connectivity index (χ0n) is 19.2. The van der Waals surface area contributed by atoms with Crippen LogP contribution in [0.15, 0.2) is 78.1 Å². The third kappa shape index (κ3) is 4.87. The van der Waals surface area contributed by atoms with E-state index in [9.17, 15) is 9.59 Å². The first-order valence-electron chi connectivity index (χ1n) is 11.4. The number of carbonyl (C=O) groups excluding carboxylic acids is 1. The minimum absolute atomic E-state index is 0.131. The SMILES string of the molecule is CCC(c1nc2ccccn2c(=O)c1Cc1ccccc1)N(CCCN)C(=O)c1cnccn1. The number of amides is 1. The quantitative estimate of drug-likeness (QED) is 0.415. The lowest BCUT2D eigenvalue weighted by Crippen LogP contribution is -2.39. The molecule has 4 rings (SSSR count). The molecule has 1 aromatic carbocycles. The predicted molar refractivity (Wildman–Crippen MR) is 130 cm³/mol. The predicted octanol–water partition coefficient (Wildman–Crippen LogP) is 3.02. The highest BCUT2D eigenvalue weighted by atomic mass is 16.2. The van der Waals surface area contributed by atoms with E-state index in [1.807, 2.05) is 49.4 Å². The Morgan fingerprint density at radius 1 is 1.12 bits per heavy atom. The molecule has 0 saturated heterocycles. The van der Waals surface area contributed by atoms with Gasteiger partial charge in [-0.1, -0.05) is 43.3 Å². The second-order valence-corrected chi connectivity index (χ2v) is 8.03. The molecule has 8 nitrogen and oxygen atoms in total. The zero-order chi connectivity index (χ0) is 23.9. The number of fused-ring (bicyclic) bond motifs is 1. The molecular weight excluding hydrogens is 428 g/mol. The Balaban J connectivity index is 1.87. The summed E-state index contributed by atoms with van der Waals surface area (Å²) in [6, 6.07) is 14.9. The van der Waals surface area contributed by atoms with Crippen molar-refractivity contribution in [1.82, 2.24) is 24.3 Å². The van der Waals surface area contributed by atoms with Crippen molar-refractivity contribution in [3.05, 3.63) is 106 Å². The summed E-state index contributed by atoms with van der Waals surface area (Å²) >= 11 is 0. The maximum absolute atomic E-state index is 13.6. The first kappa shape index (κ1) is 23.3. The van der Waals surface area contributed by atoms with Crippen molar-refractivity contribution < 1.29 is 4.79 Å². The molecule has 34 heavy (non-hydrogen) atoms. The van der Waals surface area contributed by atoms with Crippen molar-refractivity contribution in [2.24, 2.45) is 5.73 Å². The van der Waals surface area contributed by atoms with Gasteiger partial charge in [-0.05, 0) is 37.1 Å². The fraction of sp³-hybridized carbons (Fsp3) is 0.269. The third-order valence-electron chi connectivity index (χ3n) is 5.81. The number of hydrogen-bond donors (Lipinski definition) is 1. The van der Waals surface area contributed by atoms with E-state index in [-0.39, 0.29) is 17.2 Å². The van der Waals surface area contributed by atoms with E-state index >= 15 is 0 Å². The van der Waals surface area contributed by atoms with Crippen LogP contribution in [0.2, 0.25) is 0 Å². The Kier molecular flexibility index (Phi) is 7.39. The molecule has 3 heterocycles. The van der Waals surface area contributed by atoms with Gasteiger partial charge in [0.2, 0.25) is 0 Å². The Labute approximate surface area is 198 Å². The number of hydrogen-bond acceptors (Lipinski definition) is 6. The average molecular weight is 457 g/mol. The first-order valence-corrected chi connectivity index (χ1v) is 11.4. The average Bonchev–Trinajstić information content (AvgIpc) is 2.89. The molecule has 174 valence electrons. The summed E-state index contributed by atoms with van der Waals surface area (Å²) in [4.78, 5) is 42.0. The minimum Gasteiger partial charge on any atom is -0.330 e. The van der Waals surface area contributed by atoms with E-state index in [1.165, 1.54) is 18.6 Å². The summed E-state index contributed by atoms with van der Waals surface area (Å²) in [7, 11) is 0. The van der Waals surface area contributed by atoms with Gasteiger partial charge in [0, 0.05) is 37.1 Å². The van der Waals surface area contributed by atoms with E-state index in [1.54, 1.807) is 21.6 Å². The van der Waals surface area contributed by atoms with Gasteiger partial charge in [0.1, 0.15) is 11.3 Å². The third-order valence-corrected chi connectivity index (χ3v) is 5.81. The van der Waals surface area contributed by atoms with Gasteiger partial charge in [-0.3, -0.25) is 19.0 Å². The van der Waals surface area contributed by atoms with Crippen LogP contribution in [0.3, 0.4) is 0 Å². The number of rotatable bonds is 9. The van der Waals surface area contributed by atoms with E-state index in [0.717, 1.165) is 5.56 Å². The molecule has 2 N–H and O–H groups in total. The molecule has 4 aromatic rings. The number of pyridine rings is 1. The van der Waals surface area contributed by atoms with Gasteiger partial charge in [0.15, 0.2) is 0 Å². The van der Waals surface area contributed by atoms with Crippen molar-refractivity contribution in [1.29, 1.82) is 0 Å². The van der Waals surface area contributed by atoms with Crippen LogP contribution in [0, 0.1) is 0 Å². The summed E-state index contributed by atoms with van der Waals surface area (Å²) in [5, 5.41) is 0. The molecule has 0 spiro atoms. The lowest BCUT2D eigenvalue weighted by Gasteiger charge is -2.32. The lowest BCUT2D eigenvalue weighted by molar-refractivity contribution is 0.0657. The maximum Gasteiger partial charge on any atom is 0.274 e. The molecular formula is C26H28N6O2. The van der Waals surface area contributed by atoms with Gasteiger partial charge >= 0.3 is 0 Å². The van der Waals surface area contributed by atoms with E-state index in [4.69, 9.17) is 10.7 Å². The number of nitrogens with zero attached hydrogens (tertiary/aromatic N) is 5. The van der Waals surface area contributed by atoms with Crippen molar-refractivity contribution in [2.45, 2.75) is 32.2 Å². The molecule has 8 heteroatoms. The van der Waals surface area contributed by atoms with E-state index in [2.05, 4.69) is 9.97 Å². The van der Waals surface area contributed by atoms with Crippen LogP contribution in [0.5, 0.6) is 0 Å². The molecule has 3 aromatic heterocycles. The van der Waals surface area contributed by atoms with Crippen molar-refractivity contribution in [3.63, 3.8) is 0 Å². The van der Waals surface area contributed by atoms with Crippen LogP contribution in [0.1, 0.15) is 53.1 Å². The van der Waals surface area contributed by atoms with Crippen LogP contribution >= 0.6 is 0 Å². The fourth-order valence-corrected chi connectivity index (χ4v) is 4.16. The van der Waals surface area contributed by atoms with Gasteiger partial charge in [0.25, 0.3) is 11.5 Å². The molecule has 1 unspecified atom stereocenters. The van der Waals surface area contributed by atoms with Gasteiger partial charge < -0.3 is 10.6 Å². The molecule has 0 aliphatic heterocycles. The van der Waals surface area contributed by atoms with E-state index < -0.39 is 6.04 Å². The van der Waals surface area contributed by atoms with Gasteiger partial charge in [-0.2, -0.15) is 0 Å². The number of aromatic nitrogens is 4. The molecule has 0 fully saturated rings. The summed E-state index contributed by atoms with van der Waals surface area (Å²) in [5.41, 5.74) is 8.64. The Morgan fingerprint density at radius 3 is 2.62 bits per heavy atom. The lowest BCUT2D eigenvalue weighted by atomic mass is 9.98. The smallest absolute Gasteiger partial charge is 0.274 e. The molecule has 0 saturated carbocycles. The van der Waals surface area contributed by atoms with Crippen LogP contribution in [0.25, 0.3) is 5.65 Å². The number of nitrogens with two attached hydrogens (primary N) is 1. The Hall–Kier alpha value is -3.91. The molecule has 1 amide bonds. The van der Waals surface area contributed by atoms with Crippen LogP contribution in [-0.4, -0.2) is 43.2 Å². The molecule has 0 bridgehead atoms. The van der Waals surface area contributed by atoms with Gasteiger partial charge in [-0.25, -0.2) is 9.97 Å². The highest BCUT2D eigenvalue weighted by Gasteiger charge is 2.30. The van der Waals surface area contributed by atoms with E-state index in [0.29, 0.717) is 49.3 Å². The van der Waals surface area contributed by atoms with Gasteiger partial charge in [0.05, 0.1) is 17.9 Å². The number of carbonyl (C=O) groups is 1. The van der Waals surface area contributed by atoms with Gasteiger partial charge in [-0.15, -0.1) is 0 Å². The zero-order valence-corrected chi connectivity index (χ0v) is 19.2. The van der Waals surface area contributed by atoms with Crippen molar-refractivity contribution >= 4 is 11.6 Å². The van der Waals surface area contributed by atoms with Crippen molar-refractivity contribution in [2.75, 3.05) is 13.1 Å². The Bertz CT molecular complexity index is 1310. The Morgan fingerprint density at radius 2 is 1.91 bits per heavy atom. The molecule has 0 aliphatic rings. The van der Waals surface area contributed by atoms with Crippen molar-refractivity contribution in [3.8, 4) is 0 Å². The summed E-state index contributed by atoms with van der Waals surface area (Å²) in [6.45, 7) is 2.85. The summed E-state index contributed by atoms with van der Waals surface area (Å²) in [6.07, 6.45) is 7.81. The summed E-state index contributed by atoms with van der Waals surface area (Å²) in [5.74, 6) is -0.255. The number of benzene rings is 1. The normalized spacial score (nSPS) is 11.9. The second-order valence-electron chi connectivity index (χ2n) is 8.03. The molecule has 0 radical (unpaired) electrons. The highest BCUT2D eigenvalue weighted by Crippen LogP contribution is 2.28.